The van der Waals surface area contributed by atoms with Crippen molar-refractivity contribution in [3.8, 4) is 17.2 Å². The highest BCUT2D eigenvalue weighted by molar-refractivity contribution is 5.97. The van der Waals surface area contributed by atoms with Crippen molar-refractivity contribution in [2.24, 2.45) is 0 Å². The summed E-state index contributed by atoms with van der Waals surface area (Å²) in [7, 11) is 0. The molecule has 6 nitrogen and oxygen atoms in total. The van der Waals surface area contributed by atoms with E-state index in [4.69, 9.17) is 14.6 Å². The molecule has 0 aliphatic carbocycles. The van der Waals surface area contributed by atoms with Gasteiger partial charge in [0.15, 0.2) is 5.78 Å². The van der Waals surface area contributed by atoms with Crippen molar-refractivity contribution in [1.29, 1.82) is 0 Å². The first-order chi connectivity index (χ1) is 15.4. The molecule has 0 bridgehead atoms. The van der Waals surface area contributed by atoms with Crippen LogP contribution in [0.2, 0.25) is 0 Å². The number of aromatic hydroxyl groups is 1. The lowest BCUT2D eigenvalue weighted by atomic mass is 10.0. The van der Waals surface area contributed by atoms with Gasteiger partial charge in [0.1, 0.15) is 17.2 Å². The lowest BCUT2D eigenvalue weighted by Gasteiger charge is -2.15. The number of rotatable bonds is 11. The molecule has 6 heteroatoms. The maximum atomic E-state index is 11.7. The normalized spacial score (nSPS) is 10.8. The Morgan fingerprint density at radius 2 is 1.66 bits per heavy atom. The number of carbonyl (C=O) groups excluding carboxylic acids is 1. The van der Waals surface area contributed by atoms with Crippen LogP contribution in [-0.2, 0) is 17.6 Å². The van der Waals surface area contributed by atoms with E-state index in [1.54, 1.807) is 12.1 Å². The Balaban J connectivity index is 1.55. The molecule has 0 heterocycles. The van der Waals surface area contributed by atoms with Crippen LogP contribution < -0.4 is 9.47 Å². The van der Waals surface area contributed by atoms with Gasteiger partial charge in [0.2, 0.25) is 0 Å². The average Bonchev–Trinajstić information content (AvgIpc) is 2.75. The molecule has 0 fully saturated rings. The van der Waals surface area contributed by atoms with Gasteiger partial charge < -0.3 is 19.7 Å². The highest BCUT2D eigenvalue weighted by Crippen LogP contribution is 2.33. The average molecular weight is 437 g/mol. The zero-order chi connectivity index (χ0) is 23.1. The third-order valence-electron chi connectivity index (χ3n) is 5.17. The molecule has 0 saturated heterocycles. The van der Waals surface area contributed by atoms with E-state index in [1.165, 1.54) is 6.92 Å². The minimum Gasteiger partial charge on any atom is -0.507 e. The van der Waals surface area contributed by atoms with E-state index in [1.807, 2.05) is 43.3 Å². The first-order valence-corrected chi connectivity index (χ1v) is 10.7. The van der Waals surface area contributed by atoms with Crippen molar-refractivity contribution >= 4 is 22.5 Å². The van der Waals surface area contributed by atoms with Crippen molar-refractivity contribution in [3.63, 3.8) is 0 Å². The number of carboxylic acids is 1. The molecule has 0 saturated carbocycles. The number of phenolic OH excluding ortho intramolecular Hbond substituents is 1. The summed E-state index contributed by atoms with van der Waals surface area (Å²) >= 11 is 0. The topological polar surface area (TPSA) is 93.1 Å². The number of ether oxygens (including phenoxy) is 2. The molecule has 0 radical (unpaired) electrons. The predicted octanol–water partition coefficient (Wildman–Crippen LogP) is 5.18. The molecule has 32 heavy (non-hydrogen) atoms. The molecule has 0 aromatic heterocycles. The number of hydrogen-bond acceptors (Lipinski definition) is 5. The number of Topliss-reactive ketones (excluding diaryl/α,β-unsaturated/α-hetero) is 1. The molecule has 0 aliphatic rings. The minimum atomic E-state index is -0.849. The smallest absolute Gasteiger partial charge is 0.307 e. The Kier molecular flexibility index (Phi) is 7.71. The molecule has 0 atom stereocenters. The van der Waals surface area contributed by atoms with Crippen LogP contribution in [0, 0.1) is 0 Å². The first kappa shape index (κ1) is 23.1. The number of carbonyl (C=O) groups is 2. The second kappa shape index (κ2) is 10.7. The van der Waals surface area contributed by atoms with Crippen molar-refractivity contribution in [2.75, 3.05) is 13.2 Å². The van der Waals surface area contributed by atoms with Crippen molar-refractivity contribution in [2.45, 2.75) is 39.5 Å². The lowest BCUT2D eigenvalue weighted by molar-refractivity contribution is -0.136. The fourth-order valence-electron chi connectivity index (χ4n) is 3.61. The summed E-state index contributed by atoms with van der Waals surface area (Å²) in [6.45, 7) is 4.32. The molecule has 0 spiro atoms. The number of fused-ring (bicyclic) bond motifs is 1. The van der Waals surface area contributed by atoms with Gasteiger partial charge >= 0.3 is 5.97 Å². The van der Waals surface area contributed by atoms with Crippen LogP contribution in [0.1, 0.15) is 48.2 Å². The molecule has 168 valence electrons. The molecule has 3 aromatic rings. The molecular formula is C26H28O6. The van der Waals surface area contributed by atoms with E-state index in [0.29, 0.717) is 42.9 Å². The largest absolute Gasteiger partial charge is 0.507 e. The number of ketones is 1. The Morgan fingerprint density at radius 3 is 2.38 bits per heavy atom. The minimum absolute atomic E-state index is 0.00339. The summed E-state index contributed by atoms with van der Waals surface area (Å²) in [5, 5.41) is 21.3. The van der Waals surface area contributed by atoms with E-state index in [-0.39, 0.29) is 18.0 Å². The fraction of sp³-hybridized carbons (Fsp3) is 0.308. The summed E-state index contributed by atoms with van der Waals surface area (Å²) in [6, 6.07) is 14.6. The van der Waals surface area contributed by atoms with Gasteiger partial charge in [0, 0.05) is 12.0 Å². The van der Waals surface area contributed by atoms with Crippen LogP contribution in [-0.4, -0.2) is 35.2 Å². The Morgan fingerprint density at radius 1 is 0.938 bits per heavy atom. The van der Waals surface area contributed by atoms with Gasteiger partial charge in [-0.1, -0.05) is 37.6 Å². The van der Waals surface area contributed by atoms with Gasteiger partial charge in [0.25, 0.3) is 0 Å². The third kappa shape index (κ3) is 5.78. The molecular weight excluding hydrogens is 408 g/mol. The summed E-state index contributed by atoms with van der Waals surface area (Å²) in [5.41, 5.74) is 1.74. The fourth-order valence-corrected chi connectivity index (χ4v) is 3.61. The van der Waals surface area contributed by atoms with E-state index in [2.05, 4.69) is 0 Å². The number of carboxylic acid groups (broad SMARTS) is 1. The van der Waals surface area contributed by atoms with Crippen LogP contribution in [0.5, 0.6) is 17.2 Å². The molecule has 3 aromatic carbocycles. The second-order valence-corrected chi connectivity index (χ2v) is 7.71. The van der Waals surface area contributed by atoms with Gasteiger partial charge in [0.05, 0.1) is 25.2 Å². The first-order valence-electron chi connectivity index (χ1n) is 10.7. The Labute approximate surface area is 187 Å². The van der Waals surface area contributed by atoms with Crippen LogP contribution in [0.15, 0.2) is 48.5 Å². The van der Waals surface area contributed by atoms with Crippen LogP contribution >= 0.6 is 0 Å². The third-order valence-corrected chi connectivity index (χ3v) is 5.17. The van der Waals surface area contributed by atoms with Crippen LogP contribution in [0.25, 0.3) is 10.8 Å². The highest BCUT2D eigenvalue weighted by Gasteiger charge is 2.15. The molecule has 0 unspecified atom stereocenters. The van der Waals surface area contributed by atoms with E-state index >= 15 is 0 Å². The maximum Gasteiger partial charge on any atom is 0.307 e. The number of hydrogen-bond donors (Lipinski definition) is 2. The molecule has 3 rings (SSSR count). The van der Waals surface area contributed by atoms with Crippen molar-refractivity contribution < 1.29 is 29.3 Å². The van der Waals surface area contributed by atoms with E-state index in [0.717, 1.165) is 28.5 Å². The monoisotopic (exact) mass is 436 g/mol. The standard InChI is InChI=1S/C26H28O6/c1-3-5-23-24(11-10-22(17(2)27)26(23)30)32-13-4-12-31-21-9-8-19-14-18(15-25(28)29)6-7-20(19)16-21/h6-11,14,16,30H,3-5,12-13,15H2,1-2H3,(H,28,29). The Bertz CT molecular complexity index is 1120. The van der Waals surface area contributed by atoms with Gasteiger partial charge in [-0.15, -0.1) is 0 Å². The van der Waals surface area contributed by atoms with Gasteiger partial charge in [-0.25, -0.2) is 0 Å². The van der Waals surface area contributed by atoms with Gasteiger partial charge in [-0.05, 0) is 53.9 Å². The number of benzene rings is 3. The second-order valence-electron chi connectivity index (χ2n) is 7.71. The van der Waals surface area contributed by atoms with Crippen molar-refractivity contribution in [3.05, 3.63) is 65.2 Å². The molecule has 0 amide bonds. The SMILES string of the molecule is CCCc1c(OCCCOc2ccc3cc(CC(=O)O)ccc3c2)ccc(C(C)=O)c1O. The maximum absolute atomic E-state index is 11.7. The lowest BCUT2D eigenvalue weighted by Crippen LogP contribution is -2.07. The zero-order valence-electron chi connectivity index (χ0n) is 18.4. The van der Waals surface area contributed by atoms with E-state index < -0.39 is 5.97 Å². The molecule has 0 aliphatic heterocycles. The summed E-state index contributed by atoms with van der Waals surface area (Å²) in [5.74, 6) is 0.318. The molecule has 2 N–H and O–H groups in total. The van der Waals surface area contributed by atoms with Crippen molar-refractivity contribution in [1.82, 2.24) is 0 Å². The summed E-state index contributed by atoms with van der Waals surface area (Å²) in [4.78, 5) is 22.5. The zero-order valence-corrected chi connectivity index (χ0v) is 18.4. The quantitative estimate of drug-likeness (QED) is 0.318. The predicted molar refractivity (Wildman–Crippen MR) is 123 cm³/mol. The number of aliphatic carboxylic acids is 1. The van der Waals surface area contributed by atoms with E-state index in [9.17, 15) is 14.7 Å². The number of phenols is 1. The van der Waals surface area contributed by atoms with Crippen LogP contribution in [0.4, 0.5) is 0 Å². The highest BCUT2D eigenvalue weighted by atomic mass is 16.5. The summed E-state index contributed by atoms with van der Waals surface area (Å²) < 4.78 is 11.7. The van der Waals surface area contributed by atoms with Gasteiger partial charge in [-0.3, -0.25) is 9.59 Å². The summed E-state index contributed by atoms with van der Waals surface area (Å²) in [6.07, 6.45) is 2.11. The Hall–Kier alpha value is -3.54. The van der Waals surface area contributed by atoms with Gasteiger partial charge in [-0.2, -0.15) is 0 Å². The van der Waals surface area contributed by atoms with Crippen LogP contribution in [0.3, 0.4) is 0 Å².